The number of esters is 1. The smallest absolute Gasteiger partial charge is 0.305 e. The van der Waals surface area contributed by atoms with Gasteiger partial charge in [0.2, 0.25) is 5.91 Å². The Hall–Kier alpha value is -1.66. The van der Waals surface area contributed by atoms with Crippen LogP contribution < -0.4 is 5.32 Å². The molecule has 0 aromatic carbocycles. The highest BCUT2D eigenvalue weighted by atomic mass is 16.5. The molecular formula is C82H159NO5. The van der Waals surface area contributed by atoms with Crippen molar-refractivity contribution < 1.29 is 24.5 Å². The van der Waals surface area contributed by atoms with Crippen LogP contribution in [0.5, 0.6) is 0 Å². The van der Waals surface area contributed by atoms with Crippen molar-refractivity contribution in [3.05, 3.63) is 24.3 Å². The number of amides is 1. The summed E-state index contributed by atoms with van der Waals surface area (Å²) in [7, 11) is 0. The van der Waals surface area contributed by atoms with Crippen molar-refractivity contribution in [2.24, 2.45) is 0 Å². The molecule has 0 heterocycles. The average molecular weight is 1240 g/mol. The second-order valence-electron chi connectivity index (χ2n) is 28.1. The number of aliphatic hydroxyl groups excluding tert-OH is 2. The van der Waals surface area contributed by atoms with Crippen molar-refractivity contribution in [1.82, 2.24) is 5.32 Å². The Kier molecular flexibility index (Phi) is 76.3. The van der Waals surface area contributed by atoms with Gasteiger partial charge < -0.3 is 20.3 Å². The van der Waals surface area contributed by atoms with Crippen molar-refractivity contribution in [2.75, 3.05) is 13.2 Å². The number of rotatable bonds is 77. The summed E-state index contributed by atoms with van der Waals surface area (Å²) in [6.45, 7) is 5.00. The topological polar surface area (TPSA) is 95.9 Å². The van der Waals surface area contributed by atoms with Gasteiger partial charge in [-0.2, -0.15) is 0 Å². The molecule has 0 saturated heterocycles. The molecule has 0 spiro atoms. The lowest BCUT2D eigenvalue weighted by atomic mass is 10.0. The summed E-state index contributed by atoms with van der Waals surface area (Å²) in [4.78, 5) is 24.6. The first-order valence-electron chi connectivity index (χ1n) is 40.6. The van der Waals surface area contributed by atoms with Crippen LogP contribution in [0.25, 0.3) is 0 Å². The molecule has 0 saturated carbocycles. The molecule has 1 amide bonds. The van der Waals surface area contributed by atoms with Crippen LogP contribution in [0.1, 0.15) is 463 Å². The Balaban J connectivity index is 3.37. The molecule has 0 radical (unpaired) electrons. The van der Waals surface area contributed by atoms with Crippen LogP contribution >= 0.6 is 0 Å². The Morgan fingerprint density at radius 2 is 0.568 bits per heavy atom. The van der Waals surface area contributed by atoms with Gasteiger partial charge in [-0.15, -0.1) is 0 Å². The molecule has 522 valence electrons. The maximum atomic E-state index is 12.6. The number of hydrogen-bond acceptors (Lipinski definition) is 5. The third-order valence-electron chi connectivity index (χ3n) is 19.3. The molecule has 2 unspecified atom stereocenters. The van der Waals surface area contributed by atoms with E-state index in [2.05, 4.69) is 43.5 Å². The largest absolute Gasteiger partial charge is 0.466 e. The summed E-state index contributed by atoms with van der Waals surface area (Å²) in [5.74, 6) is -0.00912. The summed E-state index contributed by atoms with van der Waals surface area (Å²) in [6.07, 6.45) is 100.0. The highest BCUT2D eigenvalue weighted by Gasteiger charge is 2.20. The van der Waals surface area contributed by atoms with Gasteiger partial charge >= 0.3 is 5.97 Å². The Morgan fingerprint density at radius 1 is 0.318 bits per heavy atom. The number of hydrogen-bond donors (Lipinski definition) is 3. The Morgan fingerprint density at radius 3 is 0.864 bits per heavy atom. The van der Waals surface area contributed by atoms with E-state index in [-0.39, 0.29) is 18.5 Å². The van der Waals surface area contributed by atoms with E-state index >= 15 is 0 Å². The van der Waals surface area contributed by atoms with Crippen molar-refractivity contribution in [3.8, 4) is 0 Å². The number of carbonyl (C=O) groups excluding carboxylic acids is 2. The number of nitrogens with one attached hydrogen (secondary N) is 1. The summed E-state index contributed by atoms with van der Waals surface area (Å²) in [6, 6.07) is -0.541. The highest BCUT2D eigenvalue weighted by Crippen LogP contribution is 2.20. The van der Waals surface area contributed by atoms with Crippen molar-refractivity contribution >= 4 is 11.9 Å². The van der Waals surface area contributed by atoms with Crippen molar-refractivity contribution in [3.63, 3.8) is 0 Å². The average Bonchev–Trinajstić information content (AvgIpc) is 3.55. The van der Waals surface area contributed by atoms with Gasteiger partial charge in [0.05, 0.1) is 25.4 Å². The zero-order valence-electron chi connectivity index (χ0n) is 60.0. The van der Waals surface area contributed by atoms with Gasteiger partial charge in [0, 0.05) is 12.8 Å². The first-order chi connectivity index (χ1) is 43.5. The van der Waals surface area contributed by atoms with Gasteiger partial charge in [0.25, 0.3) is 0 Å². The molecule has 0 fully saturated rings. The highest BCUT2D eigenvalue weighted by molar-refractivity contribution is 5.76. The SMILES string of the molecule is CCCCCCCCCCCCCCCCCCCCCCCCCCCC(O)C(CO)NC(=O)CCCCCCCCCCCCCCCCCCC/C=C\C/C=C\CCCCCCCCCCCCCOC(=O)CCCCCCCCCCCCC. The fraction of sp³-hybridized carbons (Fsp3) is 0.927. The van der Waals surface area contributed by atoms with Gasteiger partial charge in [0.15, 0.2) is 0 Å². The van der Waals surface area contributed by atoms with Gasteiger partial charge in [-0.3, -0.25) is 9.59 Å². The maximum Gasteiger partial charge on any atom is 0.305 e. The lowest BCUT2D eigenvalue weighted by molar-refractivity contribution is -0.143. The third kappa shape index (κ3) is 73.4. The predicted octanol–water partition coefficient (Wildman–Crippen LogP) is 26.8. The molecule has 0 aromatic rings. The summed E-state index contributed by atoms with van der Waals surface area (Å²) in [5.41, 5.74) is 0. The molecule has 0 aliphatic rings. The number of aliphatic hydroxyl groups is 2. The molecule has 0 aromatic heterocycles. The summed E-state index contributed by atoms with van der Waals surface area (Å²) >= 11 is 0. The van der Waals surface area contributed by atoms with Crippen LogP contribution in [0.2, 0.25) is 0 Å². The van der Waals surface area contributed by atoms with Crippen LogP contribution in [0.3, 0.4) is 0 Å². The minimum Gasteiger partial charge on any atom is -0.466 e. The van der Waals surface area contributed by atoms with Gasteiger partial charge in [0.1, 0.15) is 0 Å². The first kappa shape index (κ1) is 86.3. The molecule has 2 atom stereocenters. The Labute approximate surface area is 551 Å². The number of carbonyl (C=O) groups is 2. The lowest BCUT2D eigenvalue weighted by Gasteiger charge is -2.22. The monoisotopic (exact) mass is 1240 g/mol. The number of allylic oxidation sites excluding steroid dienone is 4. The zero-order valence-corrected chi connectivity index (χ0v) is 60.0. The second kappa shape index (κ2) is 77.8. The minimum absolute atomic E-state index is 0.0174. The first-order valence-corrected chi connectivity index (χ1v) is 40.6. The van der Waals surface area contributed by atoms with Crippen molar-refractivity contribution in [1.29, 1.82) is 0 Å². The van der Waals surface area contributed by atoms with Crippen LogP contribution in [-0.4, -0.2) is 47.4 Å². The van der Waals surface area contributed by atoms with Crippen LogP contribution in [0, 0.1) is 0 Å². The van der Waals surface area contributed by atoms with E-state index in [1.807, 2.05) is 0 Å². The van der Waals surface area contributed by atoms with Gasteiger partial charge in [-0.05, 0) is 57.8 Å². The third-order valence-corrected chi connectivity index (χ3v) is 19.3. The Bertz CT molecular complexity index is 1380. The summed E-state index contributed by atoms with van der Waals surface area (Å²) in [5, 5.41) is 23.5. The molecule has 6 nitrogen and oxygen atoms in total. The normalized spacial score (nSPS) is 12.5. The predicted molar refractivity (Wildman–Crippen MR) is 389 cm³/mol. The van der Waals surface area contributed by atoms with Crippen LogP contribution in [-0.2, 0) is 14.3 Å². The number of ether oxygens (including phenoxy) is 1. The van der Waals surface area contributed by atoms with Crippen LogP contribution in [0.15, 0.2) is 24.3 Å². The van der Waals surface area contributed by atoms with E-state index in [1.54, 1.807) is 0 Å². The van der Waals surface area contributed by atoms with Gasteiger partial charge in [-0.1, -0.05) is 417 Å². The number of unbranched alkanes of at least 4 members (excludes halogenated alkanes) is 62. The summed E-state index contributed by atoms with van der Waals surface area (Å²) < 4.78 is 5.48. The molecule has 6 heteroatoms. The maximum absolute atomic E-state index is 12.6. The zero-order chi connectivity index (χ0) is 63.5. The molecule has 88 heavy (non-hydrogen) atoms. The van der Waals surface area contributed by atoms with Crippen LogP contribution in [0.4, 0.5) is 0 Å². The van der Waals surface area contributed by atoms with E-state index in [0.717, 1.165) is 44.9 Å². The van der Waals surface area contributed by atoms with Gasteiger partial charge in [-0.25, -0.2) is 0 Å². The molecule has 0 aliphatic carbocycles. The van der Waals surface area contributed by atoms with E-state index in [9.17, 15) is 19.8 Å². The molecule has 0 aliphatic heterocycles. The fourth-order valence-electron chi connectivity index (χ4n) is 13.1. The lowest BCUT2D eigenvalue weighted by Crippen LogP contribution is -2.45. The molecule has 0 bridgehead atoms. The van der Waals surface area contributed by atoms with Crippen molar-refractivity contribution in [2.45, 2.75) is 475 Å². The molecular weight excluding hydrogens is 1080 g/mol. The molecule has 3 N–H and O–H groups in total. The molecule has 0 rings (SSSR count). The van der Waals surface area contributed by atoms with E-state index in [1.165, 1.54) is 385 Å². The minimum atomic E-state index is -0.664. The van der Waals surface area contributed by atoms with E-state index in [4.69, 9.17) is 4.74 Å². The second-order valence-corrected chi connectivity index (χ2v) is 28.1. The standard InChI is InChI=1S/C82H159NO5/c1-3-5-7-9-11-13-15-16-17-18-19-20-21-33-36-39-42-45-48-51-55-58-62-66-70-74-80(85)79(78-84)83-81(86)75-71-67-63-59-56-52-49-46-43-40-37-34-31-29-27-25-23-22-24-26-28-30-32-35-38-41-44-47-50-53-57-61-65-69-73-77-88-82(87)76-72-68-64-60-54-14-12-10-8-6-4-2/h24,26,30,32,79-80,84-85H,3-23,25,27-29,31,33-78H2,1-2H3,(H,83,86)/b26-24-,32-30-. The van der Waals surface area contributed by atoms with E-state index in [0.29, 0.717) is 25.9 Å². The fourth-order valence-corrected chi connectivity index (χ4v) is 13.1. The quantitative estimate of drug-likeness (QED) is 0.0320. The van der Waals surface area contributed by atoms with E-state index < -0.39 is 12.1 Å².